The van der Waals surface area contributed by atoms with Crippen LogP contribution in [0.5, 0.6) is 0 Å². The fourth-order valence-electron chi connectivity index (χ4n) is 2.89. The molecule has 0 bridgehead atoms. The highest BCUT2D eigenvalue weighted by atomic mass is 16.3. The number of nitrogens with zero attached hydrogens (tertiary/aromatic N) is 6. The molecule has 1 saturated heterocycles. The van der Waals surface area contributed by atoms with Gasteiger partial charge in [0.05, 0.1) is 12.8 Å². The van der Waals surface area contributed by atoms with Crippen molar-refractivity contribution in [3.8, 4) is 0 Å². The van der Waals surface area contributed by atoms with Crippen molar-refractivity contribution in [1.29, 1.82) is 0 Å². The van der Waals surface area contributed by atoms with Crippen LogP contribution in [0, 0.1) is 0 Å². The lowest BCUT2D eigenvalue weighted by molar-refractivity contribution is 0.0740. The first-order valence-electron chi connectivity index (χ1n) is 8.69. The average molecular weight is 365 g/mol. The second kappa shape index (κ2) is 7.81. The summed E-state index contributed by atoms with van der Waals surface area (Å²) in [5.41, 5.74) is 0.372. The molecule has 4 rings (SSSR count). The highest BCUT2D eigenvalue weighted by Crippen LogP contribution is 2.13. The summed E-state index contributed by atoms with van der Waals surface area (Å²) in [6.07, 6.45) is 6.45. The van der Waals surface area contributed by atoms with Crippen LogP contribution >= 0.6 is 0 Å². The Hall–Kier alpha value is -3.49. The summed E-state index contributed by atoms with van der Waals surface area (Å²) in [5.74, 6) is 1.96. The normalized spacial score (nSPS) is 14.2. The summed E-state index contributed by atoms with van der Waals surface area (Å²) in [7, 11) is 0. The molecule has 0 saturated carbocycles. The van der Waals surface area contributed by atoms with Crippen LogP contribution in [0.25, 0.3) is 0 Å². The molecule has 138 valence electrons. The van der Waals surface area contributed by atoms with E-state index in [9.17, 15) is 4.79 Å². The van der Waals surface area contributed by atoms with E-state index in [0.29, 0.717) is 50.2 Å². The van der Waals surface area contributed by atoms with Crippen LogP contribution in [-0.4, -0.2) is 56.9 Å². The molecule has 3 aromatic rings. The van der Waals surface area contributed by atoms with Crippen molar-refractivity contribution < 1.29 is 9.21 Å². The molecule has 1 amide bonds. The summed E-state index contributed by atoms with van der Waals surface area (Å²) in [6, 6.07) is 7.15. The van der Waals surface area contributed by atoms with Gasteiger partial charge >= 0.3 is 0 Å². The monoisotopic (exact) mass is 365 g/mol. The zero-order chi connectivity index (χ0) is 18.5. The predicted molar refractivity (Wildman–Crippen MR) is 98.2 cm³/mol. The quantitative estimate of drug-likeness (QED) is 0.725. The number of rotatable bonds is 5. The Balaban J connectivity index is 1.36. The van der Waals surface area contributed by atoms with Crippen molar-refractivity contribution in [2.75, 3.05) is 36.4 Å². The van der Waals surface area contributed by atoms with Gasteiger partial charge in [0.25, 0.3) is 5.91 Å². The lowest BCUT2D eigenvalue weighted by atomic mass is 10.2. The smallest absolute Gasteiger partial charge is 0.272 e. The topological polar surface area (TPSA) is 100 Å². The Bertz CT molecular complexity index is 878. The van der Waals surface area contributed by atoms with E-state index in [-0.39, 0.29) is 5.91 Å². The Kier molecular flexibility index (Phi) is 4.91. The van der Waals surface area contributed by atoms with Crippen LogP contribution in [0.4, 0.5) is 11.8 Å². The van der Waals surface area contributed by atoms with Crippen molar-refractivity contribution in [2.45, 2.75) is 6.54 Å². The van der Waals surface area contributed by atoms with Gasteiger partial charge in [0.15, 0.2) is 0 Å². The van der Waals surface area contributed by atoms with Crippen LogP contribution in [0.15, 0.2) is 53.7 Å². The highest BCUT2D eigenvalue weighted by molar-refractivity contribution is 5.93. The minimum absolute atomic E-state index is 0.105. The minimum Gasteiger partial charge on any atom is -0.467 e. The van der Waals surface area contributed by atoms with Gasteiger partial charge < -0.3 is 19.5 Å². The lowest BCUT2D eigenvalue weighted by Gasteiger charge is -2.34. The number of amides is 1. The van der Waals surface area contributed by atoms with Gasteiger partial charge in [-0.25, -0.2) is 19.9 Å². The number of carbonyl (C=O) groups is 1. The van der Waals surface area contributed by atoms with Crippen LogP contribution < -0.4 is 10.2 Å². The highest BCUT2D eigenvalue weighted by Gasteiger charge is 2.24. The van der Waals surface area contributed by atoms with E-state index in [1.807, 2.05) is 12.1 Å². The van der Waals surface area contributed by atoms with Crippen LogP contribution in [0.3, 0.4) is 0 Å². The third-order valence-electron chi connectivity index (χ3n) is 4.31. The van der Waals surface area contributed by atoms with Crippen molar-refractivity contribution in [3.63, 3.8) is 0 Å². The van der Waals surface area contributed by atoms with Gasteiger partial charge in [0, 0.05) is 44.6 Å². The molecular weight excluding hydrogens is 346 g/mol. The van der Waals surface area contributed by atoms with Gasteiger partial charge in [-0.05, 0) is 18.2 Å². The van der Waals surface area contributed by atoms with Gasteiger partial charge in [0.1, 0.15) is 23.6 Å². The molecule has 0 unspecified atom stereocenters. The number of anilines is 2. The van der Waals surface area contributed by atoms with Gasteiger partial charge in [-0.1, -0.05) is 0 Å². The first kappa shape index (κ1) is 17.0. The molecule has 27 heavy (non-hydrogen) atoms. The summed E-state index contributed by atoms with van der Waals surface area (Å²) in [4.78, 5) is 33.4. The van der Waals surface area contributed by atoms with Crippen molar-refractivity contribution >= 4 is 17.7 Å². The molecule has 0 aromatic carbocycles. The molecule has 0 radical (unpaired) electrons. The SMILES string of the molecule is O=C(c1cc(NCc2ccco2)ncn1)N1CCN(c2ncccn2)CC1. The zero-order valence-corrected chi connectivity index (χ0v) is 14.7. The van der Waals surface area contributed by atoms with E-state index in [0.717, 1.165) is 5.76 Å². The first-order valence-corrected chi connectivity index (χ1v) is 8.69. The molecule has 9 heteroatoms. The molecular formula is C18H19N7O2. The zero-order valence-electron chi connectivity index (χ0n) is 14.7. The standard InChI is InChI=1S/C18H19N7O2/c26-17(24-6-8-25(9-7-24)18-19-4-2-5-20-18)15-11-16(23-13-22-15)21-12-14-3-1-10-27-14/h1-5,10-11,13H,6-9,12H2,(H,21,22,23). The average Bonchev–Trinajstić information content (AvgIpc) is 3.26. The van der Waals surface area contributed by atoms with E-state index in [4.69, 9.17) is 4.42 Å². The van der Waals surface area contributed by atoms with Gasteiger partial charge in [0.2, 0.25) is 5.95 Å². The molecule has 3 aromatic heterocycles. The number of nitrogens with one attached hydrogen (secondary N) is 1. The molecule has 1 fully saturated rings. The van der Waals surface area contributed by atoms with Gasteiger partial charge in [-0.2, -0.15) is 0 Å². The van der Waals surface area contributed by atoms with E-state index >= 15 is 0 Å². The molecule has 1 N–H and O–H groups in total. The third kappa shape index (κ3) is 4.02. The fraction of sp³-hybridized carbons (Fsp3) is 0.278. The fourth-order valence-corrected chi connectivity index (χ4v) is 2.89. The number of aromatic nitrogens is 4. The third-order valence-corrected chi connectivity index (χ3v) is 4.31. The molecule has 1 aliphatic rings. The van der Waals surface area contributed by atoms with Gasteiger partial charge in [-0.15, -0.1) is 0 Å². The van der Waals surface area contributed by atoms with Crippen molar-refractivity contribution in [3.05, 3.63) is 60.7 Å². The summed E-state index contributed by atoms with van der Waals surface area (Å²) < 4.78 is 5.28. The van der Waals surface area contributed by atoms with E-state index < -0.39 is 0 Å². The summed E-state index contributed by atoms with van der Waals surface area (Å²) in [5, 5.41) is 3.13. The lowest BCUT2D eigenvalue weighted by Crippen LogP contribution is -2.49. The number of hydrogen-bond acceptors (Lipinski definition) is 8. The van der Waals surface area contributed by atoms with E-state index in [2.05, 4.69) is 30.2 Å². The van der Waals surface area contributed by atoms with Crippen LogP contribution in [0.1, 0.15) is 16.2 Å². The molecule has 0 spiro atoms. The van der Waals surface area contributed by atoms with Crippen molar-refractivity contribution in [2.24, 2.45) is 0 Å². The Morgan fingerprint density at radius 1 is 1.07 bits per heavy atom. The molecule has 4 heterocycles. The molecule has 9 nitrogen and oxygen atoms in total. The predicted octanol–water partition coefficient (Wildman–Crippen LogP) is 1.43. The maximum Gasteiger partial charge on any atom is 0.272 e. The van der Waals surface area contributed by atoms with Crippen molar-refractivity contribution in [1.82, 2.24) is 24.8 Å². The largest absolute Gasteiger partial charge is 0.467 e. The maximum atomic E-state index is 12.8. The summed E-state index contributed by atoms with van der Waals surface area (Å²) >= 11 is 0. The number of carbonyl (C=O) groups excluding carboxylic acids is 1. The van der Waals surface area contributed by atoms with Crippen LogP contribution in [-0.2, 0) is 6.54 Å². The Morgan fingerprint density at radius 3 is 2.63 bits per heavy atom. The number of furan rings is 1. The molecule has 0 atom stereocenters. The van der Waals surface area contributed by atoms with Gasteiger partial charge in [-0.3, -0.25) is 4.79 Å². The Morgan fingerprint density at radius 2 is 1.89 bits per heavy atom. The number of hydrogen-bond donors (Lipinski definition) is 1. The first-order chi connectivity index (χ1) is 13.3. The maximum absolute atomic E-state index is 12.8. The molecule has 1 aliphatic heterocycles. The number of piperazine rings is 1. The summed E-state index contributed by atoms with van der Waals surface area (Å²) in [6.45, 7) is 3.05. The van der Waals surface area contributed by atoms with Crippen LogP contribution in [0.2, 0.25) is 0 Å². The van der Waals surface area contributed by atoms with E-state index in [1.165, 1.54) is 6.33 Å². The second-order valence-electron chi connectivity index (χ2n) is 6.05. The minimum atomic E-state index is -0.105. The Labute approximate surface area is 156 Å². The van der Waals surface area contributed by atoms with E-state index in [1.54, 1.807) is 35.7 Å². The molecule has 0 aliphatic carbocycles. The second-order valence-corrected chi connectivity index (χ2v) is 6.05.